The molecule has 0 aliphatic rings. The number of nitrogens with one attached hydrogen (secondary N) is 1. The Bertz CT molecular complexity index is 1100. The van der Waals surface area contributed by atoms with Gasteiger partial charge in [0.2, 0.25) is 9.84 Å². The molecule has 0 unspecified atom stereocenters. The van der Waals surface area contributed by atoms with Crippen molar-refractivity contribution in [1.82, 2.24) is 10.3 Å². The van der Waals surface area contributed by atoms with E-state index in [1.807, 2.05) is 0 Å². The molecule has 1 heterocycles. The largest absolute Gasteiger partial charge is 0.384 e. The second-order valence-corrected chi connectivity index (χ2v) is 7.86. The third-order valence-electron chi connectivity index (χ3n) is 3.88. The number of amides is 1. The van der Waals surface area contributed by atoms with E-state index in [0.717, 1.165) is 12.1 Å². The van der Waals surface area contributed by atoms with Gasteiger partial charge >= 0.3 is 0 Å². The van der Waals surface area contributed by atoms with Gasteiger partial charge in [0.15, 0.2) is 0 Å². The SMILES string of the molecule is Nc1ccc(C(=O)NCc2ccc(S(=O)(=O)c3cc(F)cc(F)c3)cc2)cn1. The fraction of sp³-hybridized carbons (Fsp3) is 0.0526. The van der Waals surface area contributed by atoms with Crippen molar-refractivity contribution in [1.29, 1.82) is 0 Å². The maximum atomic E-state index is 13.3. The molecule has 144 valence electrons. The minimum absolute atomic E-state index is 0.115. The van der Waals surface area contributed by atoms with Crippen molar-refractivity contribution in [2.75, 3.05) is 5.73 Å². The topological polar surface area (TPSA) is 102 Å². The van der Waals surface area contributed by atoms with E-state index in [0.29, 0.717) is 23.0 Å². The summed E-state index contributed by atoms with van der Waals surface area (Å²) in [4.78, 5) is 15.3. The number of benzene rings is 2. The summed E-state index contributed by atoms with van der Waals surface area (Å²) < 4.78 is 51.7. The first-order valence-electron chi connectivity index (χ1n) is 8.05. The van der Waals surface area contributed by atoms with E-state index >= 15 is 0 Å². The van der Waals surface area contributed by atoms with Crippen LogP contribution in [0, 0.1) is 11.6 Å². The third kappa shape index (κ3) is 4.32. The monoisotopic (exact) mass is 403 g/mol. The van der Waals surface area contributed by atoms with Gasteiger partial charge in [-0.2, -0.15) is 0 Å². The van der Waals surface area contributed by atoms with Gasteiger partial charge in [-0.15, -0.1) is 0 Å². The van der Waals surface area contributed by atoms with Crippen LogP contribution in [0.1, 0.15) is 15.9 Å². The molecule has 1 amide bonds. The van der Waals surface area contributed by atoms with Gasteiger partial charge in [-0.3, -0.25) is 4.79 Å². The number of pyridine rings is 1. The summed E-state index contributed by atoms with van der Waals surface area (Å²) in [7, 11) is -4.07. The smallest absolute Gasteiger partial charge is 0.253 e. The van der Waals surface area contributed by atoms with E-state index in [1.54, 1.807) is 0 Å². The lowest BCUT2D eigenvalue weighted by Crippen LogP contribution is -2.23. The van der Waals surface area contributed by atoms with Crippen LogP contribution in [0.5, 0.6) is 0 Å². The molecule has 0 saturated heterocycles. The average molecular weight is 403 g/mol. The summed E-state index contributed by atoms with van der Waals surface area (Å²) in [6.45, 7) is 0.151. The molecule has 3 aromatic rings. The van der Waals surface area contributed by atoms with Crippen molar-refractivity contribution in [3.63, 3.8) is 0 Å². The van der Waals surface area contributed by atoms with Crippen molar-refractivity contribution < 1.29 is 22.0 Å². The summed E-state index contributed by atoms with van der Waals surface area (Å²) >= 11 is 0. The zero-order valence-corrected chi connectivity index (χ0v) is 15.2. The quantitative estimate of drug-likeness (QED) is 0.682. The highest BCUT2D eigenvalue weighted by molar-refractivity contribution is 7.91. The summed E-state index contributed by atoms with van der Waals surface area (Å²) in [5.41, 5.74) is 6.44. The van der Waals surface area contributed by atoms with Gasteiger partial charge in [0, 0.05) is 18.8 Å². The van der Waals surface area contributed by atoms with Crippen LogP contribution in [-0.2, 0) is 16.4 Å². The first-order chi connectivity index (χ1) is 13.3. The zero-order valence-electron chi connectivity index (χ0n) is 14.4. The van der Waals surface area contributed by atoms with Gasteiger partial charge in [-0.1, -0.05) is 12.1 Å². The Labute approximate surface area is 160 Å². The number of carbonyl (C=O) groups is 1. The molecule has 0 aliphatic heterocycles. The number of nitrogen functional groups attached to an aromatic ring is 1. The molecule has 9 heteroatoms. The number of halogens is 2. The number of anilines is 1. The van der Waals surface area contributed by atoms with E-state index in [-0.39, 0.29) is 17.3 Å². The van der Waals surface area contributed by atoms with Crippen LogP contribution < -0.4 is 11.1 Å². The predicted octanol–water partition coefficient (Wildman–Crippen LogP) is 2.70. The summed E-state index contributed by atoms with van der Waals surface area (Å²) in [5.74, 6) is -2.02. The van der Waals surface area contributed by atoms with Crippen LogP contribution in [0.15, 0.2) is 70.6 Å². The first kappa shape index (κ1) is 19.4. The molecular formula is C19H15F2N3O3S. The first-order valence-corrected chi connectivity index (χ1v) is 9.54. The second-order valence-electron chi connectivity index (χ2n) is 5.91. The Hall–Kier alpha value is -3.33. The Balaban J connectivity index is 1.72. The molecule has 2 aromatic carbocycles. The Morgan fingerprint density at radius 3 is 2.18 bits per heavy atom. The maximum absolute atomic E-state index is 13.3. The molecule has 6 nitrogen and oxygen atoms in total. The molecule has 3 N–H and O–H groups in total. The number of rotatable bonds is 5. The molecule has 0 fully saturated rings. The molecule has 1 aromatic heterocycles. The van der Waals surface area contributed by atoms with Gasteiger partial charge in [0.1, 0.15) is 17.5 Å². The highest BCUT2D eigenvalue weighted by Crippen LogP contribution is 2.23. The molecule has 0 atom stereocenters. The number of nitrogens with two attached hydrogens (primary N) is 1. The number of hydrogen-bond donors (Lipinski definition) is 2. The molecule has 0 radical (unpaired) electrons. The number of carbonyl (C=O) groups excluding carboxylic acids is 1. The van der Waals surface area contributed by atoms with E-state index < -0.39 is 26.4 Å². The van der Waals surface area contributed by atoms with Crippen molar-refractivity contribution in [2.45, 2.75) is 16.3 Å². The lowest BCUT2D eigenvalue weighted by Gasteiger charge is -2.08. The number of nitrogens with zero attached hydrogens (tertiary/aromatic N) is 1. The molecule has 28 heavy (non-hydrogen) atoms. The van der Waals surface area contributed by atoms with Crippen LogP contribution in [0.25, 0.3) is 0 Å². The van der Waals surface area contributed by atoms with E-state index in [4.69, 9.17) is 5.73 Å². The van der Waals surface area contributed by atoms with Crippen LogP contribution in [0.4, 0.5) is 14.6 Å². The lowest BCUT2D eigenvalue weighted by molar-refractivity contribution is 0.0950. The van der Waals surface area contributed by atoms with E-state index in [2.05, 4.69) is 10.3 Å². The lowest BCUT2D eigenvalue weighted by atomic mass is 10.2. The van der Waals surface area contributed by atoms with Gasteiger partial charge in [0.05, 0.1) is 15.4 Å². The number of hydrogen-bond acceptors (Lipinski definition) is 5. The Kier molecular flexibility index (Phi) is 5.36. The zero-order chi connectivity index (χ0) is 20.3. The normalized spacial score (nSPS) is 11.2. The van der Waals surface area contributed by atoms with Crippen LogP contribution in [0.3, 0.4) is 0 Å². The molecule has 0 bridgehead atoms. The third-order valence-corrected chi connectivity index (χ3v) is 5.63. The molecule has 0 saturated carbocycles. The van der Waals surface area contributed by atoms with Crippen molar-refractivity contribution >= 4 is 21.6 Å². The number of sulfone groups is 1. The molecule has 0 spiro atoms. The standard InChI is InChI=1S/C19H15F2N3O3S/c20-14-7-15(21)9-17(8-14)28(26,27)16-4-1-12(2-5-16)10-24-19(25)13-3-6-18(22)23-11-13/h1-9,11H,10H2,(H2,22,23)(H,24,25). The highest BCUT2D eigenvalue weighted by atomic mass is 32.2. The molecular weight excluding hydrogens is 388 g/mol. The van der Waals surface area contributed by atoms with Crippen molar-refractivity contribution in [2.24, 2.45) is 0 Å². The summed E-state index contributed by atoms with van der Waals surface area (Å²) in [6, 6.07) is 10.8. The second kappa shape index (κ2) is 7.73. The minimum atomic E-state index is -4.07. The van der Waals surface area contributed by atoms with Crippen molar-refractivity contribution in [3.05, 3.63) is 83.6 Å². The summed E-state index contributed by atoms with van der Waals surface area (Å²) in [5, 5.41) is 2.67. The fourth-order valence-corrected chi connectivity index (χ4v) is 3.73. The minimum Gasteiger partial charge on any atom is -0.384 e. The Morgan fingerprint density at radius 2 is 1.61 bits per heavy atom. The Morgan fingerprint density at radius 1 is 0.964 bits per heavy atom. The van der Waals surface area contributed by atoms with E-state index in [1.165, 1.54) is 42.6 Å². The van der Waals surface area contributed by atoms with Crippen molar-refractivity contribution in [3.8, 4) is 0 Å². The van der Waals surface area contributed by atoms with Gasteiger partial charge in [-0.05, 0) is 42.0 Å². The van der Waals surface area contributed by atoms with Crippen LogP contribution >= 0.6 is 0 Å². The van der Waals surface area contributed by atoms with Crippen LogP contribution in [-0.4, -0.2) is 19.3 Å². The van der Waals surface area contributed by atoms with Gasteiger partial charge in [-0.25, -0.2) is 22.2 Å². The number of aromatic nitrogens is 1. The molecule has 3 rings (SSSR count). The average Bonchev–Trinajstić information content (AvgIpc) is 2.66. The van der Waals surface area contributed by atoms with Crippen LogP contribution in [0.2, 0.25) is 0 Å². The fourth-order valence-electron chi connectivity index (χ4n) is 2.43. The van der Waals surface area contributed by atoms with Gasteiger partial charge in [0.25, 0.3) is 5.91 Å². The van der Waals surface area contributed by atoms with E-state index in [9.17, 15) is 22.0 Å². The predicted molar refractivity (Wildman–Crippen MR) is 98.1 cm³/mol. The maximum Gasteiger partial charge on any atom is 0.253 e. The molecule has 0 aliphatic carbocycles. The highest BCUT2D eigenvalue weighted by Gasteiger charge is 2.19. The summed E-state index contributed by atoms with van der Waals surface area (Å²) in [6.07, 6.45) is 1.35. The van der Waals surface area contributed by atoms with Gasteiger partial charge < -0.3 is 11.1 Å².